The van der Waals surface area contributed by atoms with Crippen molar-refractivity contribution in [2.45, 2.75) is 13.5 Å². The van der Waals surface area contributed by atoms with E-state index in [4.69, 9.17) is 9.15 Å². The van der Waals surface area contributed by atoms with Crippen molar-refractivity contribution in [1.29, 1.82) is 0 Å². The van der Waals surface area contributed by atoms with Crippen LogP contribution in [0.4, 0.5) is 5.69 Å². The van der Waals surface area contributed by atoms with Crippen molar-refractivity contribution in [2.75, 3.05) is 5.32 Å². The zero-order valence-corrected chi connectivity index (χ0v) is 14.9. The van der Waals surface area contributed by atoms with Gasteiger partial charge >= 0.3 is 11.6 Å². The summed E-state index contributed by atoms with van der Waals surface area (Å²) in [6, 6.07) is 15.5. The number of hydrogen-bond acceptors (Lipinski definition) is 5. The van der Waals surface area contributed by atoms with Crippen molar-refractivity contribution >= 4 is 39.4 Å². The summed E-state index contributed by atoms with van der Waals surface area (Å²) < 4.78 is 10.6. The molecule has 140 valence electrons. The van der Waals surface area contributed by atoms with Crippen LogP contribution in [0.1, 0.15) is 23.0 Å². The van der Waals surface area contributed by atoms with E-state index in [0.29, 0.717) is 27.9 Å². The molecule has 2 aromatic heterocycles. The third-order valence-corrected chi connectivity index (χ3v) is 4.26. The number of ether oxygens (including phenoxy) is 1. The average Bonchev–Trinajstić information content (AvgIpc) is 3.09. The summed E-state index contributed by atoms with van der Waals surface area (Å²) in [5, 5.41) is 4.16. The molecule has 2 N–H and O–H groups in total. The highest BCUT2D eigenvalue weighted by atomic mass is 16.5. The molecule has 0 aliphatic rings. The number of carbonyl (C=O) groups is 2. The van der Waals surface area contributed by atoms with E-state index < -0.39 is 11.6 Å². The SMILES string of the molecule is CC(=O)Nc1ccc2c(COC(=O)c3cc4ccccc4[nH]3)cc(=O)oc2c1. The smallest absolute Gasteiger partial charge is 0.355 e. The van der Waals surface area contributed by atoms with Gasteiger partial charge in [-0.1, -0.05) is 18.2 Å². The minimum Gasteiger partial charge on any atom is -0.456 e. The number of benzene rings is 2. The summed E-state index contributed by atoms with van der Waals surface area (Å²) in [5.74, 6) is -0.752. The van der Waals surface area contributed by atoms with Crippen LogP contribution < -0.4 is 10.9 Å². The number of nitrogens with one attached hydrogen (secondary N) is 2. The normalized spacial score (nSPS) is 10.9. The number of esters is 1. The number of hydrogen-bond donors (Lipinski definition) is 2. The zero-order valence-electron chi connectivity index (χ0n) is 14.9. The van der Waals surface area contributed by atoms with Crippen LogP contribution in [0.3, 0.4) is 0 Å². The molecule has 2 heterocycles. The first-order chi connectivity index (χ1) is 13.5. The number of aromatic amines is 1. The lowest BCUT2D eigenvalue weighted by Gasteiger charge is -2.08. The molecular weight excluding hydrogens is 360 g/mol. The standard InChI is InChI=1S/C21H16N2O5/c1-12(24)22-15-6-7-16-14(9-20(25)28-19(16)10-15)11-27-21(26)18-8-13-4-2-3-5-17(13)23-18/h2-10,23H,11H2,1H3,(H,22,24). The van der Waals surface area contributed by atoms with Crippen LogP contribution in [0.25, 0.3) is 21.9 Å². The molecule has 2 aromatic carbocycles. The van der Waals surface area contributed by atoms with Crippen molar-refractivity contribution in [1.82, 2.24) is 4.98 Å². The van der Waals surface area contributed by atoms with Crippen molar-refractivity contribution < 1.29 is 18.7 Å². The number of anilines is 1. The van der Waals surface area contributed by atoms with E-state index in [1.165, 1.54) is 13.0 Å². The number of carbonyl (C=O) groups excluding carboxylic acids is 2. The highest BCUT2D eigenvalue weighted by Gasteiger charge is 2.13. The summed E-state index contributed by atoms with van der Waals surface area (Å²) in [4.78, 5) is 38.5. The van der Waals surface area contributed by atoms with Gasteiger partial charge in [-0.05, 0) is 24.3 Å². The Morgan fingerprint density at radius 2 is 1.93 bits per heavy atom. The van der Waals surface area contributed by atoms with E-state index in [2.05, 4.69) is 10.3 Å². The van der Waals surface area contributed by atoms with E-state index in [1.54, 1.807) is 24.3 Å². The number of rotatable bonds is 4. The predicted octanol–water partition coefficient (Wildman–Crippen LogP) is 3.59. The Morgan fingerprint density at radius 1 is 1.11 bits per heavy atom. The summed E-state index contributed by atoms with van der Waals surface area (Å²) in [6.45, 7) is 1.30. The van der Waals surface area contributed by atoms with Crippen LogP contribution in [0.15, 0.2) is 63.8 Å². The Bertz CT molecular complexity index is 1240. The van der Waals surface area contributed by atoms with Crippen molar-refractivity contribution in [2.24, 2.45) is 0 Å². The van der Waals surface area contributed by atoms with Gasteiger partial charge in [0.2, 0.25) is 5.91 Å². The van der Waals surface area contributed by atoms with Crippen LogP contribution in [-0.2, 0) is 16.1 Å². The summed E-state index contributed by atoms with van der Waals surface area (Å²) in [6.07, 6.45) is 0. The fourth-order valence-electron chi connectivity index (χ4n) is 3.03. The lowest BCUT2D eigenvalue weighted by Crippen LogP contribution is -2.09. The predicted molar refractivity (Wildman–Crippen MR) is 104 cm³/mol. The molecule has 7 heteroatoms. The molecule has 0 fully saturated rings. The van der Waals surface area contributed by atoms with Gasteiger partial charge < -0.3 is 19.5 Å². The molecule has 0 saturated carbocycles. The van der Waals surface area contributed by atoms with Gasteiger partial charge in [-0.2, -0.15) is 0 Å². The second-order valence-corrected chi connectivity index (χ2v) is 6.33. The van der Waals surface area contributed by atoms with E-state index in [0.717, 1.165) is 10.9 Å². The quantitative estimate of drug-likeness (QED) is 0.419. The molecular formula is C21H16N2O5. The molecule has 0 atom stereocenters. The Labute approximate surface area is 158 Å². The molecule has 0 aliphatic heterocycles. The Kier molecular flexibility index (Phi) is 4.41. The molecule has 0 saturated heterocycles. The van der Waals surface area contributed by atoms with Gasteiger partial charge in [0.25, 0.3) is 0 Å². The van der Waals surface area contributed by atoms with Gasteiger partial charge in [0.05, 0.1) is 0 Å². The second kappa shape index (κ2) is 7.03. The van der Waals surface area contributed by atoms with Crippen LogP contribution in [0.5, 0.6) is 0 Å². The van der Waals surface area contributed by atoms with Crippen molar-refractivity contribution in [3.8, 4) is 0 Å². The van der Waals surface area contributed by atoms with Gasteiger partial charge in [-0.3, -0.25) is 4.79 Å². The maximum absolute atomic E-state index is 12.4. The largest absolute Gasteiger partial charge is 0.456 e. The van der Waals surface area contributed by atoms with E-state index in [9.17, 15) is 14.4 Å². The van der Waals surface area contributed by atoms with E-state index >= 15 is 0 Å². The fourth-order valence-corrected chi connectivity index (χ4v) is 3.03. The first-order valence-corrected chi connectivity index (χ1v) is 8.59. The minimum atomic E-state index is -0.566. The van der Waals surface area contributed by atoms with Crippen LogP contribution in [-0.4, -0.2) is 16.9 Å². The third-order valence-electron chi connectivity index (χ3n) is 4.26. The second-order valence-electron chi connectivity index (χ2n) is 6.33. The van der Waals surface area contributed by atoms with Crippen molar-refractivity contribution in [3.05, 3.63) is 76.3 Å². The Hall–Kier alpha value is -3.87. The third kappa shape index (κ3) is 3.50. The summed E-state index contributed by atoms with van der Waals surface area (Å²) in [7, 11) is 0. The van der Waals surface area contributed by atoms with Crippen LogP contribution in [0.2, 0.25) is 0 Å². The molecule has 7 nitrogen and oxygen atoms in total. The maximum atomic E-state index is 12.4. The molecule has 0 aliphatic carbocycles. The lowest BCUT2D eigenvalue weighted by molar-refractivity contribution is -0.114. The molecule has 0 spiro atoms. The van der Waals surface area contributed by atoms with E-state index in [1.807, 2.05) is 24.3 Å². The lowest BCUT2D eigenvalue weighted by atomic mass is 10.1. The highest BCUT2D eigenvalue weighted by Crippen LogP contribution is 2.22. The monoisotopic (exact) mass is 376 g/mol. The first-order valence-electron chi connectivity index (χ1n) is 8.59. The number of aromatic nitrogens is 1. The maximum Gasteiger partial charge on any atom is 0.355 e. The Balaban J connectivity index is 1.59. The first kappa shape index (κ1) is 17.5. The highest BCUT2D eigenvalue weighted by molar-refractivity contribution is 5.95. The summed E-state index contributed by atoms with van der Waals surface area (Å²) >= 11 is 0. The topological polar surface area (TPSA) is 101 Å². The van der Waals surface area contributed by atoms with Gasteiger partial charge in [0, 0.05) is 46.6 Å². The molecule has 28 heavy (non-hydrogen) atoms. The summed E-state index contributed by atoms with van der Waals surface area (Å²) in [5.41, 5.74) is 1.94. The van der Waals surface area contributed by atoms with Gasteiger partial charge in [0.1, 0.15) is 17.9 Å². The number of amides is 1. The molecule has 4 aromatic rings. The number of para-hydroxylation sites is 1. The Morgan fingerprint density at radius 3 is 2.71 bits per heavy atom. The van der Waals surface area contributed by atoms with Gasteiger partial charge in [-0.15, -0.1) is 0 Å². The van der Waals surface area contributed by atoms with Gasteiger partial charge in [-0.25, -0.2) is 9.59 Å². The van der Waals surface area contributed by atoms with Crippen LogP contribution >= 0.6 is 0 Å². The van der Waals surface area contributed by atoms with E-state index in [-0.39, 0.29) is 12.5 Å². The molecule has 4 rings (SSSR count). The fraction of sp³-hybridized carbons (Fsp3) is 0.0952. The number of fused-ring (bicyclic) bond motifs is 2. The van der Waals surface area contributed by atoms with Gasteiger partial charge in [0.15, 0.2) is 0 Å². The van der Waals surface area contributed by atoms with Crippen LogP contribution in [0, 0.1) is 0 Å². The number of H-pyrrole nitrogens is 1. The molecule has 0 radical (unpaired) electrons. The zero-order chi connectivity index (χ0) is 19.7. The molecule has 1 amide bonds. The molecule has 0 bridgehead atoms. The minimum absolute atomic E-state index is 0.0875. The van der Waals surface area contributed by atoms with Crippen molar-refractivity contribution in [3.63, 3.8) is 0 Å². The molecule has 0 unspecified atom stereocenters. The average molecular weight is 376 g/mol.